The Morgan fingerprint density at radius 2 is 1.73 bits per heavy atom. The lowest BCUT2D eigenvalue weighted by Gasteiger charge is -2.21. The number of carbonyl (C=O) groups is 2. The third-order valence-electron chi connectivity index (χ3n) is 4.02. The molecular formula is C20H24N2O4. The van der Waals surface area contributed by atoms with Gasteiger partial charge in [0.2, 0.25) is 11.8 Å². The highest BCUT2D eigenvalue weighted by Gasteiger charge is 2.17. The minimum absolute atomic E-state index is 0.0961. The molecule has 2 aromatic rings. The highest BCUT2D eigenvalue weighted by Crippen LogP contribution is 2.29. The number of nitrogens with one attached hydrogen (secondary N) is 1. The summed E-state index contributed by atoms with van der Waals surface area (Å²) in [5.41, 5.74) is 2.34. The van der Waals surface area contributed by atoms with Crippen molar-refractivity contribution in [2.75, 3.05) is 31.0 Å². The van der Waals surface area contributed by atoms with Crippen molar-refractivity contribution in [3.05, 3.63) is 48.0 Å². The molecule has 2 amide bonds. The maximum Gasteiger partial charge on any atom is 0.244 e. The van der Waals surface area contributed by atoms with Crippen molar-refractivity contribution in [1.29, 1.82) is 0 Å². The van der Waals surface area contributed by atoms with E-state index < -0.39 is 0 Å². The number of methoxy groups -OCH3 is 2. The summed E-state index contributed by atoms with van der Waals surface area (Å²) < 4.78 is 10.4. The van der Waals surface area contributed by atoms with E-state index in [4.69, 9.17) is 9.47 Å². The number of hydrogen-bond acceptors (Lipinski definition) is 4. The normalized spacial score (nSPS) is 10.2. The Balaban J connectivity index is 2.16. The van der Waals surface area contributed by atoms with Gasteiger partial charge in [-0.1, -0.05) is 19.1 Å². The first-order valence-corrected chi connectivity index (χ1v) is 8.37. The molecule has 2 aromatic carbocycles. The number of aryl methyl sites for hydroxylation is 1. The molecule has 0 aliphatic carbocycles. The van der Waals surface area contributed by atoms with Gasteiger partial charge in [0.25, 0.3) is 0 Å². The Morgan fingerprint density at radius 1 is 1.04 bits per heavy atom. The van der Waals surface area contributed by atoms with Gasteiger partial charge >= 0.3 is 0 Å². The average molecular weight is 356 g/mol. The van der Waals surface area contributed by atoms with E-state index in [2.05, 4.69) is 12.2 Å². The first kappa shape index (κ1) is 19.3. The van der Waals surface area contributed by atoms with Gasteiger partial charge in [-0.15, -0.1) is 0 Å². The fraction of sp³-hybridized carbons (Fsp3) is 0.300. The molecule has 0 unspecified atom stereocenters. The zero-order valence-corrected chi connectivity index (χ0v) is 15.5. The maximum absolute atomic E-state index is 12.5. The molecule has 0 saturated carbocycles. The second-order valence-corrected chi connectivity index (χ2v) is 5.74. The maximum atomic E-state index is 12.5. The predicted molar refractivity (Wildman–Crippen MR) is 102 cm³/mol. The average Bonchev–Trinajstić information content (AvgIpc) is 2.66. The van der Waals surface area contributed by atoms with Crippen LogP contribution in [0.4, 0.5) is 11.4 Å². The number of benzene rings is 2. The summed E-state index contributed by atoms with van der Waals surface area (Å²) in [6.45, 7) is 3.40. The van der Waals surface area contributed by atoms with Crippen LogP contribution in [0.5, 0.6) is 11.5 Å². The molecular weight excluding hydrogens is 332 g/mol. The van der Waals surface area contributed by atoms with Crippen LogP contribution in [0.2, 0.25) is 0 Å². The zero-order chi connectivity index (χ0) is 19.1. The summed E-state index contributed by atoms with van der Waals surface area (Å²) >= 11 is 0. The number of ether oxygens (including phenoxy) is 2. The molecule has 0 atom stereocenters. The molecule has 2 rings (SSSR count). The van der Waals surface area contributed by atoms with Crippen molar-refractivity contribution in [2.45, 2.75) is 20.3 Å². The lowest BCUT2D eigenvalue weighted by Crippen LogP contribution is -2.36. The number of hydrogen-bond donors (Lipinski definition) is 1. The van der Waals surface area contributed by atoms with Crippen LogP contribution in [0.25, 0.3) is 0 Å². The highest BCUT2D eigenvalue weighted by molar-refractivity contribution is 6.02. The van der Waals surface area contributed by atoms with Crippen LogP contribution in [0, 0.1) is 0 Å². The molecule has 0 aliphatic heterocycles. The van der Waals surface area contributed by atoms with Crippen molar-refractivity contribution >= 4 is 23.2 Å². The van der Waals surface area contributed by atoms with Gasteiger partial charge in [0, 0.05) is 18.7 Å². The van der Waals surface area contributed by atoms with E-state index in [-0.39, 0.29) is 18.4 Å². The van der Waals surface area contributed by atoms with Crippen molar-refractivity contribution in [2.24, 2.45) is 0 Å². The Bertz CT molecular complexity index is 772. The first-order valence-electron chi connectivity index (χ1n) is 8.37. The Labute approximate surface area is 153 Å². The molecule has 0 heterocycles. The summed E-state index contributed by atoms with van der Waals surface area (Å²) in [4.78, 5) is 25.9. The van der Waals surface area contributed by atoms with E-state index in [1.165, 1.54) is 24.5 Å². The predicted octanol–water partition coefficient (Wildman–Crippen LogP) is 3.26. The van der Waals surface area contributed by atoms with Gasteiger partial charge in [0.15, 0.2) is 0 Å². The smallest absolute Gasteiger partial charge is 0.244 e. The van der Waals surface area contributed by atoms with Crippen LogP contribution < -0.4 is 19.7 Å². The van der Waals surface area contributed by atoms with Crippen LogP contribution in [-0.4, -0.2) is 32.6 Å². The summed E-state index contributed by atoms with van der Waals surface area (Å²) in [5.74, 6) is 0.578. The Kier molecular flexibility index (Phi) is 6.60. The first-order chi connectivity index (χ1) is 12.5. The van der Waals surface area contributed by atoms with Gasteiger partial charge in [0.05, 0.1) is 19.9 Å². The lowest BCUT2D eigenvalue weighted by atomic mass is 10.1. The highest BCUT2D eigenvalue weighted by atomic mass is 16.5. The molecule has 26 heavy (non-hydrogen) atoms. The largest absolute Gasteiger partial charge is 0.497 e. The number of nitrogens with zero attached hydrogens (tertiary/aromatic N) is 1. The van der Waals surface area contributed by atoms with Crippen LogP contribution in [0.1, 0.15) is 19.4 Å². The molecule has 6 nitrogen and oxygen atoms in total. The number of carbonyl (C=O) groups excluding carboxylic acids is 2. The fourth-order valence-corrected chi connectivity index (χ4v) is 2.54. The molecule has 0 aromatic heterocycles. The lowest BCUT2D eigenvalue weighted by molar-refractivity contribution is -0.120. The van der Waals surface area contributed by atoms with Crippen LogP contribution in [0.3, 0.4) is 0 Å². The molecule has 0 saturated heterocycles. The minimum atomic E-state index is -0.327. The van der Waals surface area contributed by atoms with Crippen LogP contribution in [-0.2, 0) is 16.0 Å². The minimum Gasteiger partial charge on any atom is -0.497 e. The monoisotopic (exact) mass is 356 g/mol. The van der Waals surface area contributed by atoms with E-state index >= 15 is 0 Å². The molecule has 1 N–H and O–H groups in total. The molecule has 0 fully saturated rings. The molecule has 0 bridgehead atoms. The van der Waals surface area contributed by atoms with Crippen LogP contribution in [0.15, 0.2) is 42.5 Å². The van der Waals surface area contributed by atoms with E-state index in [0.717, 1.165) is 6.42 Å². The van der Waals surface area contributed by atoms with E-state index in [1.54, 1.807) is 25.3 Å². The topological polar surface area (TPSA) is 67.9 Å². The Morgan fingerprint density at radius 3 is 2.27 bits per heavy atom. The second kappa shape index (κ2) is 8.89. The van der Waals surface area contributed by atoms with Crippen molar-refractivity contribution in [3.8, 4) is 11.5 Å². The number of rotatable bonds is 7. The summed E-state index contributed by atoms with van der Waals surface area (Å²) in [6.07, 6.45) is 0.913. The van der Waals surface area contributed by atoms with E-state index in [0.29, 0.717) is 22.9 Å². The fourth-order valence-electron chi connectivity index (χ4n) is 2.54. The second-order valence-electron chi connectivity index (χ2n) is 5.74. The van der Waals surface area contributed by atoms with Gasteiger partial charge in [-0.3, -0.25) is 9.59 Å². The molecule has 0 aliphatic rings. The Hall–Kier alpha value is -3.02. The van der Waals surface area contributed by atoms with Crippen molar-refractivity contribution < 1.29 is 19.1 Å². The van der Waals surface area contributed by atoms with Gasteiger partial charge in [-0.25, -0.2) is 0 Å². The van der Waals surface area contributed by atoms with E-state index in [9.17, 15) is 9.59 Å². The number of amides is 2. The molecule has 6 heteroatoms. The standard InChI is InChI=1S/C20H24N2O4/c1-5-15-6-8-16(9-7-15)22(14(2)23)13-20(24)21-18-12-17(25-3)10-11-19(18)26-4/h6-12H,5,13H2,1-4H3,(H,21,24). The number of anilines is 2. The summed E-state index contributed by atoms with van der Waals surface area (Å²) in [6, 6.07) is 12.7. The van der Waals surface area contributed by atoms with Gasteiger partial charge < -0.3 is 19.7 Å². The van der Waals surface area contributed by atoms with Gasteiger partial charge in [-0.05, 0) is 36.2 Å². The third kappa shape index (κ3) is 4.75. The van der Waals surface area contributed by atoms with Crippen molar-refractivity contribution in [1.82, 2.24) is 0 Å². The van der Waals surface area contributed by atoms with Crippen molar-refractivity contribution in [3.63, 3.8) is 0 Å². The van der Waals surface area contributed by atoms with Crippen LogP contribution >= 0.6 is 0 Å². The summed E-state index contributed by atoms with van der Waals surface area (Å²) in [7, 11) is 3.07. The van der Waals surface area contributed by atoms with Gasteiger partial charge in [-0.2, -0.15) is 0 Å². The SMILES string of the molecule is CCc1ccc(N(CC(=O)Nc2cc(OC)ccc2OC)C(C)=O)cc1. The molecule has 138 valence electrons. The zero-order valence-electron chi connectivity index (χ0n) is 15.5. The summed E-state index contributed by atoms with van der Waals surface area (Å²) in [5, 5.41) is 2.78. The molecule has 0 radical (unpaired) electrons. The third-order valence-corrected chi connectivity index (χ3v) is 4.02. The quantitative estimate of drug-likeness (QED) is 0.827. The molecule has 0 spiro atoms. The van der Waals surface area contributed by atoms with E-state index in [1.807, 2.05) is 24.3 Å². The van der Waals surface area contributed by atoms with Gasteiger partial charge in [0.1, 0.15) is 18.0 Å².